The molecule has 158 valence electrons. The van der Waals surface area contributed by atoms with Gasteiger partial charge >= 0.3 is 0 Å². The van der Waals surface area contributed by atoms with Gasteiger partial charge in [0.1, 0.15) is 5.60 Å². The predicted octanol–water partition coefficient (Wildman–Crippen LogP) is 4.77. The monoisotopic (exact) mass is 406 g/mol. The van der Waals surface area contributed by atoms with Crippen LogP contribution in [0, 0.1) is 17.2 Å². The van der Waals surface area contributed by atoms with Gasteiger partial charge in [0.2, 0.25) is 0 Å². The van der Waals surface area contributed by atoms with Crippen LogP contribution in [0.2, 0.25) is 0 Å². The van der Waals surface area contributed by atoms with Crippen LogP contribution in [-0.2, 0) is 11.4 Å². The molecule has 3 aliphatic rings. The third-order valence-electron chi connectivity index (χ3n) is 7.15. The molecule has 1 spiro atoms. The molecule has 2 fully saturated rings. The minimum atomic E-state index is -0.243. The lowest BCUT2D eigenvalue weighted by molar-refractivity contribution is -0.0501. The molecule has 0 radical (unpaired) electrons. The molecule has 0 bridgehead atoms. The number of hydrogen-bond acceptors (Lipinski definition) is 6. The molecule has 2 saturated carbocycles. The van der Waals surface area contributed by atoms with Gasteiger partial charge in [-0.25, -0.2) is 9.67 Å². The molecule has 0 saturated heterocycles. The van der Waals surface area contributed by atoms with Crippen LogP contribution in [0.4, 0.5) is 5.69 Å². The second kappa shape index (κ2) is 7.90. The van der Waals surface area contributed by atoms with Gasteiger partial charge in [0, 0.05) is 36.7 Å². The summed E-state index contributed by atoms with van der Waals surface area (Å²) >= 11 is 0. The van der Waals surface area contributed by atoms with Gasteiger partial charge in [-0.1, -0.05) is 24.4 Å². The Morgan fingerprint density at radius 3 is 2.73 bits per heavy atom. The largest absolute Gasteiger partial charge is 0.389 e. The fourth-order valence-corrected chi connectivity index (χ4v) is 5.29. The van der Waals surface area contributed by atoms with Crippen molar-refractivity contribution < 1.29 is 4.84 Å². The zero-order valence-electron chi connectivity index (χ0n) is 17.7. The van der Waals surface area contributed by atoms with Crippen LogP contribution in [-0.4, -0.2) is 32.1 Å². The Morgan fingerprint density at radius 2 is 2.00 bits per heavy atom. The van der Waals surface area contributed by atoms with Gasteiger partial charge in [0.15, 0.2) is 5.65 Å². The van der Waals surface area contributed by atoms with E-state index in [0.717, 1.165) is 66.6 Å². The summed E-state index contributed by atoms with van der Waals surface area (Å²) < 4.78 is 1.95. The number of hydrogen-bond donors (Lipinski definition) is 1. The van der Waals surface area contributed by atoms with Gasteiger partial charge in [-0.05, 0) is 45.4 Å². The van der Waals surface area contributed by atoms with E-state index >= 15 is 0 Å². The van der Waals surface area contributed by atoms with Crippen molar-refractivity contribution in [3.05, 3.63) is 18.0 Å². The van der Waals surface area contributed by atoms with Gasteiger partial charge in [-0.15, -0.1) is 0 Å². The van der Waals surface area contributed by atoms with E-state index in [4.69, 9.17) is 9.82 Å². The van der Waals surface area contributed by atoms with Crippen LogP contribution in [0.15, 0.2) is 17.5 Å². The first-order chi connectivity index (χ1) is 14.7. The summed E-state index contributed by atoms with van der Waals surface area (Å²) in [5, 5.41) is 23.2. The van der Waals surface area contributed by atoms with Gasteiger partial charge in [0.25, 0.3) is 0 Å². The van der Waals surface area contributed by atoms with E-state index < -0.39 is 0 Å². The van der Waals surface area contributed by atoms with Crippen molar-refractivity contribution in [1.82, 2.24) is 14.8 Å². The maximum Gasteiger partial charge on any atom is 0.159 e. The summed E-state index contributed by atoms with van der Waals surface area (Å²) in [6.45, 7) is 2.89. The number of aryl methyl sites for hydroxylation is 1. The van der Waals surface area contributed by atoms with Gasteiger partial charge in [0.05, 0.1) is 29.1 Å². The average molecular weight is 407 g/mol. The molecule has 7 heteroatoms. The SMILES string of the molecule is CCn1ncc2c(NC3CCCCC3)c(C3=NOC4(CCC(C#N)CC4)C3)cnc21. The van der Waals surface area contributed by atoms with E-state index in [-0.39, 0.29) is 11.5 Å². The fourth-order valence-electron chi connectivity index (χ4n) is 5.29. The van der Waals surface area contributed by atoms with E-state index in [1.165, 1.54) is 32.1 Å². The molecule has 0 atom stereocenters. The molecule has 0 amide bonds. The van der Waals surface area contributed by atoms with Crippen molar-refractivity contribution in [2.24, 2.45) is 11.1 Å². The van der Waals surface area contributed by atoms with Crippen LogP contribution < -0.4 is 5.32 Å². The highest BCUT2D eigenvalue weighted by Gasteiger charge is 2.43. The number of fused-ring (bicyclic) bond motifs is 1. The van der Waals surface area contributed by atoms with Crippen LogP contribution in [0.5, 0.6) is 0 Å². The highest BCUT2D eigenvalue weighted by Crippen LogP contribution is 2.42. The second-order valence-electron chi connectivity index (χ2n) is 9.12. The third-order valence-corrected chi connectivity index (χ3v) is 7.15. The molecular formula is C23H30N6O. The Kier molecular flexibility index (Phi) is 5.10. The first-order valence-corrected chi connectivity index (χ1v) is 11.5. The Balaban J connectivity index is 1.46. The summed E-state index contributed by atoms with van der Waals surface area (Å²) in [5.41, 5.74) is 3.80. The van der Waals surface area contributed by atoms with E-state index in [1.54, 1.807) is 0 Å². The number of rotatable bonds is 4. The van der Waals surface area contributed by atoms with Gasteiger partial charge < -0.3 is 10.2 Å². The Hall–Kier alpha value is -2.62. The Bertz CT molecular complexity index is 989. The number of oxime groups is 1. The zero-order valence-corrected chi connectivity index (χ0v) is 17.7. The number of aromatic nitrogens is 3. The normalized spacial score (nSPS) is 27.1. The topological polar surface area (TPSA) is 88.1 Å². The second-order valence-corrected chi connectivity index (χ2v) is 9.12. The number of pyridine rings is 1. The Labute approximate surface area is 177 Å². The lowest BCUT2D eigenvalue weighted by Gasteiger charge is -2.32. The lowest BCUT2D eigenvalue weighted by Crippen LogP contribution is -2.34. The number of anilines is 1. The molecule has 1 aliphatic heterocycles. The van der Waals surface area contributed by atoms with E-state index in [9.17, 15) is 5.26 Å². The molecule has 0 aromatic carbocycles. The first-order valence-electron chi connectivity index (χ1n) is 11.5. The molecule has 3 heterocycles. The number of nitrogens with one attached hydrogen (secondary N) is 1. The molecule has 2 aromatic heterocycles. The predicted molar refractivity (Wildman–Crippen MR) is 116 cm³/mol. The molecule has 5 rings (SSSR count). The van der Waals surface area contributed by atoms with Crippen molar-refractivity contribution in [2.45, 2.75) is 89.3 Å². The third kappa shape index (κ3) is 3.42. The Morgan fingerprint density at radius 1 is 1.20 bits per heavy atom. The van der Waals surface area contributed by atoms with Crippen LogP contribution >= 0.6 is 0 Å². The molecule has 2 aromatic rings. The quantitative estimate of drug-likeness (QED) is 0.790. The number of nitrogens with zero attached hydrogens (tertiary/aromatic N) is 5. The molecular weight excluding hydrogens is 376 g/mol. The summed E-state index contributed by atoms with van der Waals surface area (Å²) in [5.74, 6) is 0.157. The summed E-state index contributed by atoms with van der Waals surface area (Å²) in [6, 6.07) is 2.90. The molecule has 7 nitrogen and oxygen atoms in total. The highest BCUT2D eigenvalue weighted by atomic mass is 16.7. The van der Waals surface area contributed by atoms with Crippen molar-refractivity contribution in [2.75, 3.05) is 5.32 Å². The van der Waals surface area contributed by atoms with E-state index in [2.05, 4.69) is 28.6 Å². The smallest absolute Gasteiger partial charge is 0.159 e. The zero-order chi connectivity index (χ0) is 20.6. The van der Waals surface area contributed by atoms with Crippen molar-refractivity contribution in [1.29, 1.82) is 5.26 Å². The minimum Gasteiger partial charge on any atom is -0.389 e. The van der Waals surface area contributed by atoms with Crippen molar-refractivity contribution >= 4 is 22.4 Å². The lowest BCUT2D eigenvalue weighted by atomic mass is 9.76. The van der Waals surface area contributed by atoms with Crippen LogP contribution in [0.25, 0.3) is 11.0 Å². The highest BCUT2D eigenvalue weighted by molar-refractivity contribution is 6.10. The molecule has 1 N–H and O–H groups in total. The van der Waals surface area contributed by atoms with Gasteiger partial charge in [-0.2, -0.15) is 10.4 Å². The average Bonchev–Trinajstić information content (AvgIpc) is 3.40. The minimum absolute atomic E-state index is 0.157. The summed E-state index contributed by atoms with van der Waals surface area (Å²) in [4.78, 5) is 10.8. The maximum atomic E-state index is 9.22. The van der Waals surface area contributed by atoms with E-state index in [0.29, 0.717) is 6.04 Å². The van der Waals surface area contributed by atoms with Crippen molar-refractivity contribution in [3.8, 4) is 6.07 Å². The van der Waals surface area contributed by atoms with Crippen LogP contribution in [0.3, 0.4) is 0 Å². The maximum absolute atomic E-state index is 9.22. The summed E-state index contributed by atoms with van der Waals surface area (Å²) in [6.07, 6.45) is 14.6. The van der Waals surface area contributed by atoms with Crippen LogP contribution in [0.1, 0.15) is 76.7 Å². The summed E-state index contributed by atoms with van der Waals surface area (Å²) in [7, 11) is 0. The molecule has 30 heavy (non-hydrogen) atoms. The molecule has 0 unspecified atom stereocenters. The van der Waals surface area contributed by atoms with Gasteiger partial charge in [-0.3, -0.25) is 0 Å². The molecule has 2 aliphatic carbocycles. The first kappa shape index (κ1) is 19.3. The fraction of sp³-hybridized carbons (Fsp3) is 0.652. The number of nitriles is 1. The standard InChI is InChI=1S/C23H30N6O/c1-2-29-22-19(15-26-29)21(27-17-6-4-3-5-7-17)18(14-25-22)20-12-23(30-28-20)10-8-16(13-24)9-11-23/h14-17H,2-12H2,1H3,(H,25,27). The van der Waals surface area contributed by atoms with E-state index in [1.807, 2.05) is 17.1 Å². The van der Waals surface area contributed by atoms with Crippen molar-refractivity contribution in [3.63, 3.8) is 0 Å².